The molecule has 20 heavy (non-hydrogen) atoms. The summed E-state index contributed by atoms with van der Waals surface area (Å²) in [4.78, 5) is 2.70. The highest BCUT2D eigenvalue weighted by molar-refractivity contribution is 5.27. The van der Waals surface area contributed by atoms with E-state index in [9.17, 15) is 0 Å². The fourth-order valence-electron chi connectivity index (χ4n) is 3.24. The van der Waals surface area contributed by atoms with E-state index < -0.39 is 0 Å². The molecule has 1 aliphatic rings. The first-order valence-electron chi connectivity index (χ1n) is 8.17. The first-order valence-corrected chi connectivity index (χ1v) is 8.17. The second-order valence-corrected chi connectivity index (χ2v) is 6.47. The lowest BCUT2D eigenvalue weighted by molar-refractivity contribution is 0.189. The Balaban J connectivity index is 2.08. The molecule has 1 N–H and O–H groups in total. The molecule has 0 aliphatic carbocycles. The number of benzene rings is 1. The SMILES string of the molecule is CCC1CCC(C)N1Cc1ccccc1CNC(C)C. The van der Waals surface area contributed by atoms with Crippen LogP contribution in [-0.4, -0.2) is 23.0 Å². The van der Waals surface area contributed by atoms with Gasteiger partial charge in [0.2, 0.25) is 0 Å². The van der Waals surface area contributed by atoms with Crippen molar-refractivity contribution < 1.29 is 0 Å². The fourth-order valence-corrected chi connectivity index (χ4v) is 3.24. The molecule has 0 amide bonds. The fraction of sp³-hybridized carbons (Fsp3) is 0.667. The van der Waals surface area contributed by atoms with Crippen molar-refractivity contribution in [2.24, 2.45) is 0 Å². The smallest absolute Gasteiger partial charge is 0.0242 e. The molecule has 1 heterocycles. The predicted molar refractivity (Wildman–Crippen MR) is 86.7 cm³/mol. The van der Waals surface area contributed by atoms with Crippen LogP contribution in [0.15, 0.2) is 24.3 Å². The number of hydrogen-bond donors (Lipinski definition) is 1. The molecule has 0 aromatic heterocycles. The number of rotatable bonds is 6. The van der Waals surface area contributed by atoms with E-state index in [-0.39, 0.29) is 0 Å². The molecular weight excluding hydrogens is 244 g/mol. The van der Waals surface area contributed by atoms with E-state index in [2.05, 4.69) is 62.2 Å². The third-order valence-corrected chi connectivity index (χ3v) is 4.60. The summed E-state index contributed by atoms with van der Waals surface area (Å²) in [6.45, 7) is 11.2. The summed E-state index contributed by atoms with van der Waals surface area (Å²) in [6.07, 6.45) is 3.99. The van der Waals surface area contributed by atoms with E-state index in [1.165, 1.54) is 30.4 Å². The van der Waals surface area contributed by atoms with E-state index in [1.54, 1.807) is 0 Å². The normalized spacial score (nSPS) is 23.6. The van der Waals surface area contributed by atoms with Gasteiger partial charge < -0.3 is 5.32 Å². The Bertz CT molecular complexity index is 414. The van der Waals surface area contributed by atoms with Gasteiger partial charge in [0.25, 0.3) is 0 Å². The lowest BCUT2D eigenvalue weighted by atomic mass is 10.1. The first kappa shape index (κ1) is 15.5. The summed E-state index contributed by atoms with van der Waals surface area (Å²) in [7, 11) is 0. The van der Waals surface area contributed by atoms with Crippen molar-refractivity contribution >= 4 is 0 Å². The Hall–Kier alpha value is -0.860. The summed E-state index contributed by atoms with van der Waals surface area (Å²) in [5.41, 5.74) is 2.95. The van der Waals surface area contributed by atoms with Crippen LogP contribution >= 0.6 is 0 Å². The van der Waals surface area contributed by atoms with Gasteiger partial charge in [-0.3, -0.25) is 4.90 Å². The molecule has 0 radical (unpaired) electrons. The van der Waals surface area contributed by atoms with Crippen LogP contribution in [0.25, 0.3) is 0 Å². The second kappa shape index (κ2) is 7.24. The Morgan fingerprint density at radius 1 is 1.20 bits per heavy atom. The van der Waals surface area contributed by atoms with Gasteiger partial charge in [0.15, 0.2) is 0 Å². The Morgan fingerprint density at radius 2 is 1.90 bits per heavy atom. The minimum atomic E-state index is 0.539. The van der Waals surface area contributed by atoms with Gasteiger partial charge in [-0.15, -0.1) is 0 Å². The zero-order chi connectivity index (χ0) is 14.5. The van der Waals surface area contributed by atoms with Crippen molar-refractivity contribution in [3.63, 3.8) is 0 Å². The Labute approximate surface area is 124 Å². The van der Waals surface area contributed by atoms with E-state index >= 15 is 0 Å². The van der Waals surface area contributed by atoms with Crippen molar-refractivity contribution in [1.29, 1.82) is 0 Å². The number of nitrogens with one attached hydrogen (secondary N) is 1. The van der Waals surface area contributed by atoms with Crippen LogP contribution in [0.1, 0.15) is 58.1 Å². The van der Waals surface area contributed by atoms with E-state index in [1.807, 2.05) is 0 Å². The minimum absolute atomic E-state index is 0.539. The van der Waals surface area contributed by atoms with Gasteiger partial charge in [-0.2, -0.15) is 0 Å². The van der Waals surface area contributed by atoms with Crippen molar-refractivity contribution in [3.8, 4) is 0 Å². The maximum Gasteiger partial charge on any atom is 0.0242 e. The standard InChI is InChI=1S/C18H30N2/c1-5-18-11-10-15(4)20(18)13-17-9-7-6-8-16(17)12-19-14(2)3/h6-9,14-15,18-19H,5,10-13H2,1-4H3. The number of likely N-dealkylation sites (tertiary alicyclic amines) is 1. The summed E-state index contributed by atoms with van der Waals surface area (Å²) in [6, 6.07) is 10.9. The van der Waals surface area contributed by atoms with E-state index in [0.29, 0.717) is 6.04 Å². The third-order valence-electron chi connectivity index (χ3n) is 4.60. The largest absolute Gasteiger partial charge is 0.310 e. The molecule has 1 aliphatic heterocycles. The van der Waals surface area contributed by atoms with Crippen molar-refractivity contribution in [3.05, 3.63) is 35.4 Å². The van der Waals surface area contributed by atoms with E-state index in [0.717, 1.165) is 25.2 Å². The topological polar surface area (TPSA) is 15.3 Å². The maximum absolute atomic E-state index is 3.54. The lowest BCUT2D eigenvalue weighted by Crippen LogP contribution is -2.34. The van der Waals surface area contributed by atoms with Gasteiger partial charge in [-0.1, -0.05) is 45.0 Å². The molecule has 0 bridgehead atoms. The molecule has 1 fully saturated rings. The summed E-state index contributed by atoms with van der Waals surface area (Å²) in [5, 5.41) is 3.54. The molecule has 2 heteroatoms. The van der Waals surface area contributed by atoms with Gasteiger partial charge in [-0.05, 0) is 37.3 Å². The summed E-state index contributed by atoms with van der Waals surface area (Å²) < 4.78 is 0. The van der Waals surface area contributed by atoms with Crippen LogP contribution in [0.2, 0.25) is 0 Å². The molecule has 2 rings (SSSR count). The van der Waals surface area contributed by atoms with Gasteiger partial charge in [0.1, 0.15) is 0 Å². The molecule has 0 spiro atoms. The lowest BCUT2D eigenvalue weighted by Gasteiger charge is -2.28. The van der Waals surface area contributed by atoms with Crippen LogP contribution in [0, 0.1) is 0 Å². The average molecular weight is 274 g/mol. The van der Waals surface area contributed by atoms with Crippen LogP contribution in [0.5, 0.6) is 0 Å². The van der Waals surface area contributed by atoms with Crippen LogP contribution < -0.4 is 5.32 Å². The highest BCUT2D eigenvalue weighted by Crippen LogP contribution is 2.28. The third kappa shape index (κ3) is 3.83. The van der Waals surface area contributed by atoms with Crippen molar-refractivity contribution in [2.45, 2.75) is 78.2 Å². The quantitative estimate of drug-likeness (QED) is 0.845. The van der Waals surface area contributed by atoms with Crippen molar-refractivity contribution in [2.75, 3.05) is 0 Å². The summed E-state index contributed by atoms with van der Waals surface area (Å²) >= 11 is 0. The molecular formula is C18H30N2. The minimum Gasteiger partial charge on any atom is -0.310 e. The van der Waals surface area contributed by atoms with E-state index in [4.69, 9.17) is 0 Å². The van der Waals surface area contributed by atoms with Gasteiger partial charge in [-0.25, -0.2) is 0 Å². The highest BCUT2D eigenvalue weighted by atomic mass is 15.2. The van der Waals surface area contributed by atoms with Crippen LogP contribution in [0.4, 0.5) is 0 Å². The zero-order valence-electron chi connectivity index (χ0n) is 13.5. The Kier molecular flexibility index (Phi) is 5.62. The van der Waals surface area contributed by atoms with Crippen LogP contribution in [0.3, 0.4) is 0 Å². The van der Waals surface area contributed by atoms with Gasteiger partial charge in [0.05, 0.1) is 0 Å². The number of hydrogen-bond acceptors (Lipinski definition) is 2. The molecule has 1 aromatic carbocycles. The summed E-state index contributed by atoms with van der Waals surface area (Å²) in [5.74, 6) is 0. The second-order valence-electron chi connectivity index (χ2n) is 6.47. The van der Waals surface area contributed by atoms with Gasteiger partial charge >= 0.3 is 0 Å². The van der Waals surface area contributed by atoms with Crippen molar-refractivity contribution in [1.82, 2.24) is 10.2 Å². The predicted octanol–water partition coefficient (Wildman–Crippen LogP) is 3.95. The number of nitrogens with zero attached hydrogens (tertiary/aromatic N) is 1. The average Bonchev–Trinajstić information content (AvgIpc) is 2.78. The maximum atomic E-state index is 3.54. The Morgan fingerprint density at radius 3 is 2.55 bits per heavy atom. The molecule has 1 aromatic rings. The molecule has 0 saturated carbocycles. The monoisotopic (exact) mass is 274 g/mol. The van der Waals surface area contributed by atoms with Gasteiger partial charge in [0, 0.05) is 31.2 Å². The highest BCUT2D eigenvalue weighted by Gasteiger charge is 2.29. The molecule has 2 unspecified atom stereocenters. The molecule has 112 valence electrons. The molecule has 1 saturated heterocycles. The molecule has 2 nitrogen and oxygen atoms in total. The first-order chi connectivity index (χ1) is 9.61. The molecule has 2 atom stereocenters. The van der Waals surface area contributed by atoms with Crippen LogP contribution in [-0.2, 0) is 13.1 Å². The zero-order valence-corrected chi connectivity index (χ0v) is 13.5.